The first-order valence-electron chi connectivity index (χ1n) is 11.1. The highest BCUT2D eigenvalue weighted by molar-refractivity contribution is 5.93. The Labute approximate surface area is 202 Å². The lowest BCUT2D eigenvalue weighted by Crippen LogP contribution is -2.13. The average Bonchev–Trinajstić information content (AvgIpc) is 3.30. The van der Waals surface area contributed by atoms with Gasteiger partial charge in [-0.05, 0) is 68.4 Å². The van der Waals surface area contributed by atoms with Crippen LogP contribution in [-0.4, -0.2) is 21.9 Å². The van der Waals surface area contributed by atoms with Crippen LogP contribution in [0.3, 0.4) is 0 Å². The number of aryl methyl sites for hydroxylation is 2. The molecule has 0 bridgehead atoms. The topological polar surface area (TPSA) is 81.3 Å². The quantitative estimate of drug-likeness (QED) is 0.245. The maximum absolute atomic E-state index is 12.9. The summed E-state index contributed by atoms with van der Waals surface area (Å²) in [6, 6.07) is 26.8. The van der Waals surface area contributed by atoms with Gasteiger partial charge in [-0.15, -0.1) is 0 Å². The Hall–Kier alpha value is -4.71. The van der Waals surface area contributed by atoms with Crippen LogP contribution in [0.5, 0.6) is 11.5 Å². The third-order valence-corrected chi connectivity index (χ3v) is 5.59. The lowest BCUT2D eigenvalue weighted by atomic mass is 10.1. The number of hydrogen-bond donors (Lipinski definition) is 1. The normalized spacial score (nSPS) is 10.8. The number of esters is 2. The van der Waals surface area contributed by atoms with E-state index in [2.05, 4.69) is 9.97 Å². The molecule has 5 aromatic rings. The molecule has 35 heavy (non-hydrogen) atoms. The molecule has 0 saturated carbocycles. The van der Waals surface area contributed by atoms with Gasteiger partial charge in [0.05, 0.1) is 22.2 Å². The summed E-state index contributed by atoms with van der Waals surface area (Å²) in [4.78, 5) is 33.5. The minimum Gasteiger partial charge on any atom is -0.419 e. The van der Waals surface area contributed by atoms with Crippen molar-refractivity contribution >= 4 is 23.0 Å². The molecule has 6 nitrogen and oxygen atoms in total. The van der Waals surface area contributed by atoms with E-state index in [1.165, 1.54) is 0 Å². The summed E-state index contributed by atoms with van der Waals surface area (Å²) in [7, 11) is 0. The smallest absolute Gasteiger partial charge is 0.343 e. The fourth-order valence-corrected chi connectivity index (χ4v) is 3.61. The number of carbonyl (C=O) groups excluding carboxylic acids is 2. The van der Waals surface area contributed by atoms with E-state index in [4.69, 9.17) is 9.47 Å². The maximum atomic E-state index is 12.9. The Morgan fingerprint density at radius 2 is 1.26 bits per heavy atom. The summed E-state index contributed by atoms with van der Waals surface area (Å²) < 4.78 is 11.3. The van der Waals surface area contributed by atoms with E-state index in [0.717, 1.165) is 22.2 Å². The summed E-state index contributed by atoms with van der Waals surface area (Å²) in [5.41, 5.74) is 5.23. The van der Waals surface area contributed by atoms with Gasteiger partial charge in [-0.2, -0.15) is 0 Å². The van der Waals surface area contributed by atoms with Gasteiger partial charge in [-0.3, -0.25) is 0 Å². The molecule has 0 aliphatic heterocycles. The molecule has 0 atom stereocenters. The molecule has 0 fully saturated rings. The summed E-state index contributed by atoms with van der Waals surface area (Å²) in [5, 5.41) is 0. The lowest BCUT2D eigenvalue weighted by Gasteiger charge is -2.12. The monoisotopic (exact) mass is 462 g/mol. The van der Waals surface area contributed by atoms with Crippen LogP contribution >= 0.6 is 0 Å². The number of benzene rings is 4. The Bertz CT molecular complexity index is 1500. The van der Waals surface area contributed by atoms with E-state index < -0.39 is 11.9 Å². The second-order valence-corrected chi connectivity index (χ2v) is 8.28. The van der Waals surface area contributed by atoms with Crippen LogP contribution in [0.2, 0.25) is 0 Å². The number of hydrogen-bond acceptors (Lipinski definition) is 5. The van der Waals surface area contributed by atoms with Crippen molar-refractivity contribution in [3.8, 4) is 22.9 Å². The van der Waals surface area contributed by atoms with Crippen molar-refractivity contribution in [2.45, 2.75) is 13.8 Å². The number of carbonyl (C=O) groups is 2. The van der Waals surface area contributed by atoms with Gasteiger partial charge in [0.1, 0.15) is 5.82 Å². The molecule has 0 radical (unpaired) electrons. The summed E-state index contributed by atoms with van der Waals surface area (Å²) in [5.74, 6) is -0.242. The number of H-pyrrole nitrogens is 1. The zero-order chi connectivity index (χ0) is 24.4. The number of nitrogens with one attached hydrogen (secondary N) is 1. The first-order valence-corrected chi connectivity index (χ1v) is 11.1. The second kappa shape index (κ2) is 9.27. The molecule has 0 amide bonds. The van der Waals surface area contributed by atoms with Crippen molar-refractivity contribution in [3.05, 3.63) is 113 Å². The molecule has 0 unspecified atom stereocenters. The molecule has 0 spiro atoms. The Morgan fingerprint density at radius 3 is 1.86 bits per heavy atom. The van der Waals surface area contributed by atoms with E-state index in [1.54, 1.807) is 42.5 Å². The zero-order valence-electron chi connectivity index (χ0n) is 19.2. The standard InChI is InChI=1S/C29H22N2O4/c1-18-7-11-20(12-8-18)28(32)34-25-16-15-22(27-30-23-5-3-4-6-24(23)31-27)17-26(25)35-29(33)21-13-9-19(2)10-14-21/h3-17H,1-2H3,(H,30,31). The molecule has 0 aliphatic carbocycles. The van der Waals surface area contributed by atoms with Crippen LogP contribution in [0.25, 0.3) is 22.4 Å². The molecule has 4 aromatic carbocycles. The van der Waals surface area contributed by atoms with Gasteiger partial charge in [0.2, 0.25) is 0 Å². The zero-order valence-corrected chi connectivity index (χ0v) is 19.2. The van der Waals surface area contributed by atoms with Crippen molar-refractivity contribution in [1.82, 2.24) is 9.97 Å². The Kier molecular flexibility index (Phi) is 5.85. The Morgan fingerprint density at radius 1 is 0.686 bits per heavy atom. The highest BCUT2D eigenvalue weighted by Crippen LogP contribution is 2.34. The van der Waals surface area contributed by atoms with Crippen LogP contribution in [0, 0.1) is 13.8 Å². The molecule has 5 rings (SSSR count). The third kappa shape index (κ3) is 4.82. The van der Waals surface area contributed by atoms with Crippen LogP contribution in [-0.2, 0) is 0 Å². The molecule has 0 aliphatic rings. The van der Waals surface area contributed by atoms with Crippen molar-refractivity contribution in [1.29, 1.82) is 0 Å². The van der Waals surface area contributed by atoms with Crippen molar-refractivity contribution in [3.63, 3.8) is 0 Å². The van der Waals surface area contributed by atoms with Crippen LogP contribution in [0.4, 0.5) is 0 Å². The molecule has 0 saturated heterocycles. The average molecular weight is 463 g/mol. The van der Waals surface area contributed by atoms with Crippen molar-refractivity contribution in [2.75, 3.05) is 0 Å². The predicted molar refractivity (Wildman–Crippen MR) is 134 cm³/mol. The van der Waals surface area contributed by atoms with Gasteiger partial charge >= 0.3 is 11.9 Å². The van der Waals surface area contributed by atoms with Gasteiger partial charge in [-0.1, -0.05) is 47.5 Å². The van der Waals surface area contributed by atoms with Crippen LogP contribution < -0.4 is 9.47 Å². The number of ether oxygens (including phenoxy) is 2. The van der Waals surface area contributed by atoms with Gasteiger partial charge in [0.25, 0.3) is 0 Å². The highest BCUT2D eigenvalue weighted by atomic mass is 16.6. The van der Waals surface area contributed by atoms with E-state index in [1.807, 2.05) is 62.4 Å². The van der Waals surface area contributed by atoms with E-state index >= 15 is 0 Å². The molecule has 1 heterocycles. The summed E-state index contributed by atoms with van der Waals surface area (Å²) >= 11 is 0. The van der Waals surface area contributed by atoms with Crippen LogP contribution in [0.15, 0.2) is 91.0 Å². The minimum absolute atomic E-state index is 0.119. The molecule has 172 valence electrons. The van der Waals surface area contributed by atoms with Crippen LogP contribution in [0.1, 0.15) is 31.8 Å². The Balaban J connectivity index is 1.50. The first kappa shape index (κ1) is 22.1. The highest BCUT2D eigenvalue weighted by Gasteiger charge is 2.18. The van der Waals surface area contributed by atoms with Crippen molar-refractivity contribution in [2.24, 2.45) is 0 Å². The SMILES string of the molecule is Cc1ccc(C(=O)Oc2ccc(-c3nc4ccccc4[nH]3)cc2OC(=O)c2ccc(C)cc2)cc1. The third-order valence-electron chi connectivity index (χ3n) is 5.59. The first-order chi connectivity index (χ1) is 17.0. The maximum Gasteiger partial charge on any atom is 0.343 e. The molecular formula is C29H22N2O4. The van der Waals surface area contributed by atoms with Crippen molar-refractivity contribution < 1.29 is 19.1 Å². The number of para-hydroxylation sites is 2. The second-order valence-electron chi connectivity index (χ2n) is 8.28. The van der Waals surface area contributed by atoms with Gasteiger partial charge in [0.15, 0.2) is 11.5 Å². The fourth-order valence-electron chi connectivity index (χ4n) is 3.61. The van der Waals surface area contributed by atoms with Gasteiger partial charge in [-0.25, -0.2) is 14.6 Å². The van der Waals surface area contributed by atoms with E-state index in [9.17, 15) is 9.59 Å². The predicted octanol–water partition coefficient (Wildman–Crippen LogP) is 6.29. The molecule has 6 heteroatoms. The number of aromatic nitrogens is 2. The largest absolute Gasteiger partial charge is 0.419 e. The van der Waals surface area contributed by atoms with Gasteiger partial charge in [0, 0.05) is 5.56 Å². The molecule has 1 N–H and O–H groups in total. The van der Waals surface area contributed by atoms with Gasteiger partial charge < -0.3 is 14.5 Å². The number of rotatable bonds is 5. The summed E-state index contributed by atoms with van der Waals surface area (Å²) in [6.45, 7) is 3.88. The number of imidazole rings is 1. The number of fused-ring (bicyclic) bond motifs is 1. The van der Waals surface area contributed by atoms with E-state index in [-0.39, 0.29) is 11.5 Å². The summed E-state index contributed by atoms with van der Waals surface area (Å²) in [6.07, 6.45) is 0. The number of nitrogens with zero attached hydrogens (tertiary/aromatic N) is 1. The molecular weight excluding hydrogens is 440 g/mol. The lowest BCUT2D eigenvalue weighted by molar-refractivity contribution is 0.0682. The minimum atomic E-state index is -0.556. The molecule has 1 aromatic heterocycles. The fraction of sp³-hybridized carbons (Fsp3) is 0.0690. The van der Waals surface area contributed by atoms with E-state index in [0.29, 0.717) is 22.5 Å². The number of aromatic amines is 1.